The number of ketones is 1. The van der Waals surface area contributed by atoms with Crippen LogP contribution in [-0.4, -0.2) is 27.5 Å². The van der Waals surface area contributed by atoms with E-state index in [1.54, 1.807) is 13.8 Å². The topological polar surface area (TPSA) is 87.4 Å². The van der Waals surface area contributed by atoms with E-state index in [0.29, 0.717) is 46.5 Å². The standard InChI is InChI=1S/C24H28N2O5S/c1-4-6-12-18(27)15-26-21(28)19-16(3)20(23(29)31-5-2)32-22(19)25(24(26)30)14-13-17-10-8-7-9-11-17/h7-11H,4-6,12-15H2,1-3H3. The molecule has 2 aromatic heterocycles. The molecule has 2 heterocycles. The summed E-state index contributed by atoms with van der Waals surface area (Å²) in [6.45, 7) is 5.65. The maximum Gasteiger partial charge on any atom is 0.348 e. The highest BCUT2D eigenvalue weighted by Gasteiger charge is 2.24. The normalized spacial score (nSPS) is 11.1. The average molecular weight is 457 g/mol. The van der Waals surface area contributed by atoms with Gasteiger partial charge in [-0.2, -0.15) is 0 Å². The Kier molecular flexibility index (Phi) is 7.80. The Labute approximate surface area is 190 Å². The summed E-state index contributed by atoms with van der Waals surface area (Å²) in [5, 5.41) is 0.300. The molecule has 0 aliphatic rings. The fraction of sp³-hybridized carbons (Fsp3) is 0.417. The molecular formula is C24H28N2O5S. The van der Waals surface area contributed by atoms with Gasteiger partial charge in [0.1, 0.15) is 9.71 Å². The van der Waals surface area contributed by atoms with Gasteiger partial charge in [-0.05, 0) is 37.8 Å². The van der Waals surface area contributed by atoms with Gasteiger partial charge in [0.15, 0.2) is 5.78 Å². The predicted octanol–water partition coefficient (Wildman–Crippen LogP) is 3.71. The first-order valence-corrected chi connectivity index (χ1v) is 11.7. The molecule has 0 radical (unpaired) electrons. The van der Waals surface area contributed by atoms with Crippen LogP contribution in [0.15, 0.2) is 39.9 Å². The van der Waals surface area contributed by atoms with Gasteiger partial charge in [0.05, 0.1) is 18.5 Å². The maximum atomic E-state index is 13.3. The van der Waals surface area contributed by atoms with Crippen LogP contribution >= 0.6 is 11.3 Å². The van der Waals surface area contributed by atoms with E-state index in [9.17, 15) is 19.2 Å². The fourth-order valence-corrected chi connectivity index (χ4v) is 4.85. The molecule has 0 fully saturated rings. The number of nitrogens with zero attached hydrogens (tertiary/aromatic N) is 2. The van der Waals surface area contributed by atoms with E-state index in [4.69, 9.17) is 4.74 Å². The van der Waals surface area contributed by atoms with Crippen LogP contribution in [0.3, 0.4) is 0 Å². The number of unbranched alkanes of at least 4 members (excludes halogenated alkanes) is 1. The Morgan fingerprint density at radius 2 is 1.78 bits per heavy atom. The van der Waals surface area contributed by atoms with Gasteiger partial charge >= 0.3 is 11.7 Å². The van der Waals surface area contributed by atoms with Crippen molar-refractivity contribution in [3.05, 3.63) is 67.2 Å². The van der Waals surface area contributed by atoms with E-state index in [0.717, 1.165) is 27.9 Å². The second kappa shape index (κ2) is 10.5. The van der Waals surface area contributed by atoms with Crippen molar-refractivity contribution in [3.63, 3.8) is 0 Å². The maximum absolute atomic E-state index is 13.3. The van der Waals surface area contributed by atoms with Gasteiger partial charge in [-0.25, -0.2) is 9.59 Å². The van der Waals surface area contributed by atoms with Gasteiger partial charge in [-0.15, -0.1) is 11.3 Å². The van der Waals surface area contributed by atoms with Crippen LogP contribution < -0.4 is 11.2 Å². The number of hydrogen-bond donors (Lipinski definition) is 0. The SMILES string of the molecule is CCCCC(=O)Cn1c(=O)c2c(C)c(C(=O)OCC)sc2n(CCc2ccccc2)c1=O. The molecule has 0 saturated carbocycles. The second-order valence-electron chi connectivity index (χ2n) is 7.66. The summed E-state index contributed by atoms with van der Waals surface area (Å²) in [7, 11) is 0. The van der Waals surface area contributed by atoms with Gasteiger partial charge in [0.2, 0.25) is 0 Å². The first kappa shape index (κ1) is 23.7. The highest BCUT2D eigenvalue weighted by molar-refractivity contribution is 7.20. The molecule has 0 saturated heterocycles. The first-order chi connectivity index (χ1) is 15.4. The third-order valence-electron chi connectivity index (χ3n) is 5.37. The third kappa shape index (κ3) is 4.91. The van der Waals surface area contributed by atoms with Crippen LogP contribution in [0.1, 0.15) is 53.9 Å². The molecular weight excluding hydrogens is 428 g/mol. The minimum Gasteiger partial charge on any atom is -0.462 e. The van der Waals surface area contributed by atoms with Crippen molar-refractivity contribution in [3.8, 4) is 0 Å². The number of esters is 1. The first-order valence-electron chi connectivity index (χ1n) is 10.9. The predicted molar refractivity (Wildman–Crippen MR) is 126 cm³/mol. The van der Waals surface area contributed by atoms with Crippen molar-refractivity contribution in [1.29, 1.82) is 0 Å². The van der Waals surface area contributed by atoms with Crippen LogP contribution in [0.4, 0.5) is 0 Å². The summed E-state index contributed by atoms with van der Waals surface area (Å²) < 4.78 is 7.66. The summed E-state index contributed by atoms with van der Waals surface area (Å²) in [6.07, 6.45) is 2.46. The Morgan fingerprint density at radius 1 is 1.06 bits per heavy atom. The van der Waals surface area contributed by atoms with Crippen molar-refractivity contribution >= 4 is 33.3 Å². The van der Waals surface area contributed by atoms with Gasteiger partial charge < -0.3 is 4.74 Å². The van der Waals surface area contributed by atoms with Gasteiger partial charge in [0, 0.05) is 13.0 Å². The second-order valence-corrected chi connectivity index (χ2v) is 8.66. The average Bonchev–Trinajstić information content (AvgIpc) is 3.13. The third-order valence-corrected chi connectivity index (χ3v) is 6.66. The molecule has 3 rings (SSSR count). The van der Waals surface area contributed by atoms with Crippen molar-refractivity contribution in [2.24, 2.45) is 0 Å². The van der Waals surface area contributed by atoms with Gasteiger partial charge in [-0.1, -0.05) is 43.7 Å². The van der Waals surface area contributed by atoms with Crippen LogP contribution in [-0.2, 0) is 29.0 Å². The van der Waals surface area contributed by atoms with Crippen LogP contribution in [0.5, 0.6) is 0 Å². The highest BCUT2D eigenvalue weighted by Crippen LogP contribution is 2.28. The van der Waals surface area contributed by atoms with E-state index < -0.39 is 17.2 Å². The quantitative estimate of drug-likeness (QED) is 0.434. The van der Waals surface area contributed by atoms with Crippen molar-refractivity contribution in [1.82, 2.24) is 9.13 Å². The summed E-state index contributed by atoms with van der Waals surface area (Å²) >= 11 is 1.09. The fourth-order valence-electron chi connectivity index (χ4n) is 3.64. The molecule has 1 aromatic carbocycles. The monoisotopic (exact) mass is 456 g/mol. The van der Waals surface area contributed by atoms with E-state index in [1.807, 2.05) is 37.3 Å². The summed E-state index contributed by atoms with van der Waals surface area (Å²) in [4.78, 5) is 52.2. The Balaban J connectivity index is 2.15. The van der Waals surface area contributed by atoms with E-state index >= 15 is 0 Å². The zero-order valence-electron chi connectivity index (χ0n) is 18.7. The van der Waals surface area contributed by atoms with Crippen LogP contribution in [0.25, 0.3) is 10.2 Å². The number of rotatable bonds is 10. The molecule has 0 amide bonds. The number of carbonyl (C=O) groups is 2. The van der Waals surface area contributed by atoms with Crippen molar-refractivity contribution < 1.29 is 14.3 Å². The largest absolute Gasteiger partial charge is 0.462 e. The molecule has 0 aliphatic carbocycles. The Hall–Kier alpha value is -3.00. The van der Waals surface area contributed by atoms with Crippen molar-refractivity contribution in [2.75, 3.05) is 6.61 Å². The number of fused-ring (bicyclic) bond motifs is 1. The van der Waals surface area contributed by atoms with Crippen LogP contribution in [0.2, 0.25) is 0 Å². The molecule has 7 nitrogen and oxygen atoms in total. The smallest absolute Gasteiger partial charge is 0.348 e. The number of aryl methyl sites for hydroxylation is 3. The molecule has 0 unspecified atom stereocenters. The van der Waals surface area contributed by atoms with E-state index in [1.165, 1.54) is 4.57 Å². The summed E-state index contributed by atoms with van der Waals surface area (Å²) in [6, 6.07) is 9.71. The number of carbonyl (C=O) groups excluding carboxylic acids is 2. The molecule has 0 atom stereocenters. The lowest BCUT2D eigenvalue weighted by Crippen LogP contribution is -2.41. The lowest BCUT2D eigenvalue weighted by atomic mass is 10.1. The lowest BCUT2D eigenvalue weighted by Gasteiger charge is -2.12. The number of ether oxygens (including phenoxy) is 1. The van der Waals surface area contributed by atoms with Gasteiger partial charge in [0.25, 0.3) is 5.56 Å². The zero-order chi connectivity index (χ0) is 23.3. The molecule has 0 N–H and O–H groups in total. The minimum absolute atomic E-state index is 0.154. The summed E-state index contributed by atoms with van der Waals surface area (Å²) in [5.41, 5.74) is 0.468. The van der Waals surface area contributed by atoms with Gasteiger partial charge in [-0.3, -0.25) is 18.7 Å². The van der Waals surface area contributed by atoms with E-state index in [-0.39, 0.29) is 18.9 Å². The number of Topliss-reactive ketones (excluding diaryl/α,β-unsaturated/α-hetero) is 1. The number of benzene rings is 1. The molecule has 32 heavy (non-hydrogen) atoms. The van der Waals surface area contributed by atoms with Crippen LogP contribution in [0, 0.1) is 6.92 Å². The molecule has 170 valence electrons. The Morgan fingerprint density at radius 3 is 2.44 bits per heavy atom. The number of aromatic nitrogens is 2. The molecule has 0 aliphatic heterocycles. The molecule has 8 heteroatoms. The molecule has 0 bridgehead atoms. The van der Waals surface area contributed by atoms with Crippen molar-refractivity contribution in [2.45, 2.75) is 59.5 Å². The number of hydrogen-bond acceptors (Lipinski definition) is 6. The highest BCUT2D eigenvalue weighted by atomic mass is 32.1. The minimum atomic E-state index is -0.532. The lowest BCUT2D eigenvalue weighted by molar-refractivity contribution is -0.119. The van der Waals surface area contributed by atoms with E-state index in [2.05, 4.69) is 0 Å². The summed E-state index contributed by atoms with van der Waals surface area (Å²) in [5.74, 6) is -0.670. The Bertz CT molecular complexity index is 1240. The molecule has 0 spiro atoms. The molecule has 3 aromatic rings. The zero-order valence-corrected chi connectivity index (χ0v) is 19.5. The number of thiophene rings is 1.